The minimum absolute atomic E-state index is 0.0897. The molecule has 0 aliphatic carbocycles. The van der Waals surface area contributed by atoms with Crippen molar-refractivity contribution in [2.45, 2.75) is 25.8 Å². The first kappa shape index (κ1) is 15.5. The molecule has 1 N–H and O–H groups in total. The molecule has 0 aliphatic heterocycles. The number of hydrogen-bond acceptors (Lipinski definition) is 4. The molecule has 0 saturated heterocycles. The maximum absolute atomic E-state index is 11.3. The summed E-state index contributed by atoms with van der Waals surface area (Å²) in [6, 6.07) is -0.155. The topological polar surface area (TPSA) is 64.0 Å². The largest absolute Gasteiger partial charge is 0.316 e. The number of aryl methyl sites for hydroxylation is 2. The molecule has 1 aromatic rings. The van der Waals surface area contributed by atoms with Gasteiger partial charge in [-0.2, -0.15) is 5.10 Å². The van der Waals surface area contributed by atoms with E-state index in [2.05, 4.69) is 10.4 Å². The van der Waals surface area contributed by atoms with Gasteiger partial charge in [-0.25, -0.2) is 8.42 Å². The van der Waals surface area contributed by atoms with E-state index in [9.17, 15) is 8.42 Å². The molecule has 0 fully saturated rings. The fourth-order valence-electron chi connectivity index (χ4n) is 1.88. The Hall–Kier alpha value is -0.590. The lowest BCUT2D eigenvalue weighted by Crippen LogP contribution is -2.35. The molecule has 0 aliphatic rings. The zero-order chi connectivity index (χ0) is 13.9. The molecule has 18 heavy (non-hydrogen) atoms. The minimum atomic E-state index is -3.02. The molecule has 1 aromatic heterocycles. The molecule has 1 rings (SSSR count). The Bertz CT molecular complexity index is 511. The van der Waals surface area contributed by atoms with E-state index in [4.69, 9.17) is 11.6 Å². The molecular weight excluding hydrogens is 274 g/mol. The van der Waals surface area contributed by atoms with Crippen LogP contribution in [0, 0.1) is 0 Å². The van der Waals surface area contributed by atoms with E-state index in [1.807, 2.05) is 14.0 Å². The summed E-state index contributed by atoms with van der Waals surface area (Å²) in [4.78, 5) is 0. The van der Waals surface area contributed by atoms with E-state index in [-0.39, 0.29) is 11.8 Å². The highest BCUT2D eigenvalue weighted by Gasteiger charge is 2.19. The quantitative estimate of drug-likeness (QED) is 0.843. The van der Waals surface area contributed by atoms with Crippen LogP contribution in [0.1, 0.15) is 18.3 Å². The summed E-state index contributed by atoms with van der Waals surface area (Å²) >= 11 is 6.24. The van der Waals surface area contributed by atoms with Crippen molar-refractivity contribution < 1.29 is 8.42 Å². The number of likely N-dealkylation sites (N-methyl/N-ethyl adjacent to an activating group) is 1. The highest BCUT2D eigenvalue weighted by atomic mass is 35.5. The zero-order valence-corrected chi connectivity index (χ0v) is 12.8. The standard InChI is InChI=1S/C11H20ClN3O2S/c1-5-9-11(12)10(15(3)14-9)6-8(13-2)7-18(4,16)17/h8,13H,5-7H2,1-4H3. The molecule has 0 aromatic carbocycles. The van der Waals surface area contributed by atoms with Crippen molar-refractivity contribution in [3.8, 4) is 0 Å². The number of rotatable bonds is 6. The lowest BCUT2D eigenvalue weighted by atomic mass is 10.1. The molecule has 0 spiro atoms. The summed E-state index contributed by atoms with van der Waals surface area (Å²) in [7, 11) is 0.563. The second-order valence-electron chi connectivity index (χ2n) is 4.47. The lowest BCUT2D eigenvalue weighted by molar-refractivity contribution is 0.552. The summed E-state index contributed by atoms with van der Waals surface area (Å²) in [5.74, 6) is 0.0897. The van der Waals surface area contributed by atoms with Gasteiger partial charge >= 0.3 is 0 Å². The maximum atomic E-state index is 11.3. The molecule has 1 atom stereocenters. The summed E-state index contributed by atoms with van der Waals surface area (Å²) in [5.41, 5.74) is 1.72. The Morgan fingerprint density at radius 3 is 2.50 bits per heavy atom. The SMILES string of the molecule is CCc1nn(C)c(CC(CS(C)(=O)=O)NC)c1Cl. The Kier molecular flexibility index (Phi) is 5.19. The molecule has 0 bridgehead atoms. The predicted octanol–water partition coefficient (Wildman–Crippen LogP) is 0.811. The Morgan fingerprint density at radius 1 is 1.50 bits per heavy atom. The molecule has 1 unspecified atom stereocenters. The van der Waals surface area contributed by atoms with Gasteiger partial charge in [0.05, 0.1) is 22.2 Å². The maximum Gasteiger partial charge on any atom is 0.148 e. The second kappa shape index (κ2) is 6.04. The smallest absolute Gasteiger partial charge is 0.148 e. The van der Waals surface area contributed by atoms with Gasteiger partial charge in [-0.15, -0.1) is 0 Å². The van der Waals surface area contributed by atoms with Crippen LogP contribution in [0.4, 0.5) is 0 Å². The number of halogens is 1. The van der Waals surface area contributed by atoms with Gasteiger partial charge < -0.3 is 5.32 Å². The van der Waals surface area contributed by atoms with E-state index < -0.39 is 9.84 Å². The number of nitrogens with one attached hydrogen (secondary N) is 1. The Balaban J connectivity index is 2.92. The molecular formula is C11H20ClN3O2S. The highest BCUT2D eigenvalue weighted by molar-refractivity contribution is 7.90. The van der Waals surface area contributed by atoms with Crippen LogP contribution >= 0.6 is 11.6 Å². The van der Waals surface area contributed by atoms with E-state index in [1.165, 1.54) is 6.26 Å². The van der Waals surface area contributed by atoms with Gasteiger partial charge in [0.1, 0.15) is 9.84 Å². The molecule has 104 valence electrons. The number of sulfone groups is 1. The highest BCUT2D eigenvalue weighted by Crippen LogP contribution is 2.22. The molecule has 0 saturated carbocycles. The third-order valence-corrected chi connectivity index (χ3v) is 4.30. The first-order valence-electron chi connectivity index (χ1n) is 5.83. The molecule has 0 radical (unpaired) electrons. The minimum Gasteiger partial charge on any atom is -0.316 e. The Labute approximate surface area is 113 Å². The molecule has 1 heterocycles. The molecule has 5 nitrogen and oxygen atoms in total. The van der Waals surface area contributed by atoms with Gasteiger partial charge in [-0.3, -0.25) is 4.68 Å². The third kappa shape index (κ3) is 3.96. The zero-order valence-electron chi connectivity index (χ0n) is 11.2. The predicted molar refractivity (Wildman–Crippen MR) is 73.9 cm³/mol. The number of hydrogen-bond donors (Lipinski definition) is 1. The number of nitrogens with zero attached hydrogens (tertiary/aromatic N) is 2. The van der Waals surface area contributed by atoms with Crippen LogP contribution in [-0.2, 0) is 29.7 Å². The molecule has 7 heteroatoms. The van der Waals surface area contributed by atoms with Crippen LogP contribution in [0.25, 0.3) is 0 Å². The number of aromatic nitrogens is 2. The van der Waals surface area contributed by atoms with Crippen LogP contribution in [0.15, 0.2) is 0 Å². The van der Waals surface area contributed by atoms with Gasteiger partial charge in [0.2, 0.25) is 0 Å². The van der Waals surface area contributed by atoms with Crippen molar-refractivity contribution >= 4 is 21.4 Å². The normalized spacial score (nSPS) is 13.8. The lowest BCUT2D eigenvalue weighted by Gasteiger charge is -2.15. The van der Waals surface area contributed by atoms with E-state index in [0.29, 0.717) is 11.4 Å². The van der Waals surface area contributed by atoms with Gasteiger partial charge in [0.15, 0.2) is 0 Å². The summed E-state index contributed by atoms with van der Waals surface area (Å²) in [5, 5.41) is 7.98. The van der Waals surface area contributed by atoms with Crippen LogP contribution in [0.2, 0.25) is 5.02 Å². The van der Waals surface area contributed by atoms with Gasteiger partial charge in [0.25, 0.3) is 0 Å². The Morgan fingerprint density at radius 2 is 2.11 bits per heavy atom. The van der Waals surface area contributed by atoms with Gasteiger partial charge in [-0.1, -0.05) is 18.5 Å². The van der Waals surface area contributed by atoms with Gasteiger partial charge in [-0.05, 0) is 13.5 Å². The summed E-state index contributed by atoms with van der Waals surface area (Å²) in [6.07, 6.45) is 2.55. The first-order valence-corrected chi connectivity index (χ1v) is 8.27. The van der Waals surface area contributed by atoms with E-state index in [1.54, 1.807) is 11.7 Å². The second-order valence-corrected chi connectivity index (χ2v) is 7.03. The monoisotopic (exact) mass is 293 g/mol. The summed E-state index contributed by atoms with van der Waals surface area (Å²) in [6.45, 7) is 1.99. The van der Waals surface area contributed by atoms with Crippen molar-refractivity contribution in [3.05, 3.63) is 16.4 Å². The van der Waals surface area contributed by atoms with E-state index in [0.717, 1.165) is 17.8 Å². The molecule has 0 amide bonds. The van der Waals surface area contributed by atoms with E-state index >= 15 is 0 Å². The van der Waals surface area contributed by atoms with Crippen LogP contribution < -0.4 is 5.32 Å². The fraction of sp³-hybridized carbons (Fsp3) is 0.727. The fourth-order valence-corrected chi connectivity index (χ4v) is 3.27. The van der Waals surface area contributed by atoms with Crippen molar-refractivity contribution in [1.29, 1.82) is 0 Å². The van der Waals surface area contributed by atoms with Crippen molar-refractivity contribution in [2.24, 2.45) is 7.05 Å². The van der Waals surface area contributed by atoms with Crippen LogP contribution in [0.3, 0.4) is 0 Å². The average Bonchev–Trinajstić information content (AvgIpc) is 2.53. The van der Waals surface area contributed by atoms with Crippen LogP contribution in [-0.4, -0.2) is 43.3 Å². The summed E-state index contributed by atoms with van der Waals surface area (Å²) < 4.78 is 24.4. The van der Waals surface area contributed by atoms with Crippen molar-refractivity contribution in [2.75, 3.05) is 19.1 Å². The van der Waals surface area contributed by atoms with Crippen molar-refractivity contribution in [3.63, 3.8) is 0 Å². The van der Waals surface area contributed by atoms with Crippen molar-refractivity contribution in [1.82, 2.24) is 15.1 Å². The third-order valence-electron chi connectivity index (χ3n) is 2.85. The first-order chi connectivity index (χ1) is 8.28. The van der Waals surface area contributed by atoms with Crippen LogP contribution in [0.5, 0.6) is 0 Å². The van der Waals surface area contributed by atoms with Gasteiger partial charge in [0, 0.05) is 25.8 Å². The average molecular weight is 294 g/mol.